The molecule has 0 spiro atoms. The number of aromatic nitrogens is 3. The number of carbonyl (C=O) groups excluding carboxylic acids is 1. The molecule has 31 heavy (non-hydrogen) atoms. The number of nitrogens with zero attached hydrogens (tertiary/aromatic N) is 4. The third kappa shape index (κ3) is 4.05. The molecule has 1 aliphatic rings. The topological polar surface area (TPSA) is 121 Å². The number of ether oxygens (including phenoxy) is 1. The van der Waals surface area contributed by atoms with Crippen molar-refractivity contribution in [3.8, 4) is 11.8 Å². The molecule has 1 aliphatic carbocycles. The van der Waals surface area contributed by atoms with E-state index in [1.807, 2.05) is 6.92 Å². The maximum atomic E-state index is 13.3. The molecule has 0 radical (unpaired) electrons. The molecule has 0 atom stereocenters. The number of nitrogens with one attached hydrogen (secondary N) is 1. The Labute approximate surface area is 177 Å². The Morgan fingerprint density at radius 3 is 2.71 bits per heavy atom. The minimum Gasteiger partial charge on any atom is -0.494 e. The number of pyridine rings is 1. The normalized spacial score (nSPS) is 13.0. The average molecular weight is 419 g/mol. The SMILES string of the molecule is CCOc1ccc(N(CCC#N)C(=O)c2cnc3c(c2)c(=O)[nH]c(=O)n3C2CC2)cc1. The van der Waals surface area contributed by atoms with Crippen molar-refractivity contribution >= 4 is 22.6 Å². The molecule has 0 aliphatic heterocycles. The van der Waals surface area contributed by atoms with Crippen LogP contribution in [0.1, 0.15) is 42.6 Å². The molecule has 0 bridgehead atoms. The van der Waals surface area contributed by atoms with E-state index in [0.717, 1.165) is 12.8 Å². The van der Waals surface area contributed by atoms with E-state index in [4.69, 9.17) is 10.00 Å². The van der Waals surface area contributed by atoms with E-state index < -0.39 is 17.2 Å². The molecule has 1 saturated carbocycles. The van der Waals surface area contributed by atoms with Crippen molar-refractivity contribution in [2.75, 3.05) is 18.1 Å². The summed E-state index contributed by atoms with van der Waals surface area (Å²) in [5, 5.41) is 9.21. The van der Waals surface area contributed by atoms with Crippen molar-refractivity contribution in [1.29, 1.82) is 5.26 Å². The van der Waals surface area contributed by atoms with Crippen LogP contribution in [0.2, 0.25) is 0 Å². The van der Waals surface area contributed by atoms with E-state index in [0.29, 0.717) is 18.0 Å². The molecule has 2 aromatic heterocycles. The lowest BCUT2D eigenvalue weighted by Gasteiger charge is -2.22. The largest absolute Gasteiger partial charge is 0.494 e. The molecule has 9 nitrogen and oxygen atoms in total. The fourth-order valence-corrected chi connectivity index (χ4v) is 3.48. The summed E-state index contributed by atoms with van der Waals surface area (Å²) in [6, 6.07) is 10.5. The van der Waals surface area contributed by atoms with Gasteiger partial charge in [-0.3, -0.25) is 19.1 Å². The minimum atomic E-state index is -0.580. The summed E-state index contributed by atoms with van der Waals surface area (Å²) in [7, 11) is 0. The third-order valence-electron chi connectivity index (χ3n) is 5.09. The Bertz CT molecular complexity index is 1280. The maximum absolute atomic E-state index is 13.3. The first-order valence-corrected chi connectivity index (χ1v) is 10.1. The van der Waals surface area contributed by atoms with Crippen molar-refractivity contribution < 1.29 is 9.53 Å². The van der Waals surface area contributed by atoms with E-state index in [1.54, 1.807) is 24.3 Å². The number of anilines is 1. The second-order valence-electron chi connectivity index (χ2n) is 7.25. The zero-order chi connectivity index (χ0) is 22.0. The summed E-state index contributed by atoms with van der Waals surface area (Å²) in [6.45, 7) is 2.59. The second kappa shape index (κ2) is 8.44. The Morgan fingerprint density at radius 1 is 1.32 bits per heavy atom. The molecule has 1 amide bonds. The second-order valence-corrected chi connectivity index (χ2v) is 7.25. The van der Waals surface area contributed by atoms with E-state index in [2.05, 4.69) is 16.0 Å². The lowest BCUT2D eigenvalue weighted by molar-refractivity contribution is 0.0987. The van der Waals surface area contributed by atoms with Crippen LogP contribution in [0.25, 0.3) is 11.0 Å². The number of nitriles is 1. The van der Waals surface area contributed by atoms with Crippen LogP contribution in [0.3, 0.4) is 0 Å². The summed E-state index contributed by atoms with van der Waals surface area (Å²) in [6.07, 6.45) is 3.21. The van der Waals surface area contributed by atoms with E-state index in [-0.39, 0.29) is 35.6 Å². The standard InChI is InChI=1S/C22H21N5O4/c1-2-31-17-8-6-15(7-9-17)26(11-3-10-23)21(29)14-12-18-19(24-13-14)27(16-4-5-16)22(30)25-20(18)28/h6-9,12-13,16H,2-5,11H2,1H3,(H,25,28,30). The molecule has 0 unspecified atom stereocenters. The van der Waals surface area contributed by atoms with Crippen molar-refractivity contribution in [1.82, 2.24) is 14.5 Å². The highest BCUT2D eigenvalue weighted by Crippen LogP contribution is 2.34. The predicted molar refractivity (Wildman–Crippen MR) is 114 cm³/mol. The Morgan fingerprint density at radius 2 is 2.06 bits per heavy atom. The molecule has 3 aromatic rings. The number of aromatic amines is 1. The molecule has 2 heterocycles. The van der Waals surface area contributed by atoms with Gasteiger partial charge in [0.2, 0.25) is 0 Å². The summed E-state index contributed by atoms with van der Waals surface area (Å²) < 4.78 is 6.92. The van der Waals surface area contributed by atoms with Crippen LogP contribution in [0.5, 0.6) is 5.75 Å². The number of H-pyrrole nitrogens is 1. The Balaban J connectivity index is 1.73. The van der Waals surface area contributed by atoms with Gasteiger partial charge in [0.15, 0.2) is 0 Å². The molecule has 0 saturated heterocycles. The van der Waals surface area contributed by atoms with Gasteiger partial charge in [0.05, 0.1) is 30.0 Å². The zero-order valence-electron chi connectivity index (χ0n) is 17.0. The quantitative estimate of drug-likeness (QED) is 0.628. The number of hydrogen-bond donors (Lipinski definition) is 1. The van der Waals surface area contributed by atoms with Gasteiger partial charge < -0.3 is 9.64 Å². The first kappa shape index (κ1) is 20.3. The molecule has 1 N–H and O–H groups in total. The summed E-state index contributed by atoms with van der Waals surface area (Å²) in [5.41, 5.74) is 0.00391. The fourth-order valence-electron chi connectivity index (χ4n) is 3.48. The summed E-state index contributed by atoms with van der Waals surface area (Å²) in [4.78, 5) is 45.9. The highest BCUT2D eigenvalue weighted by molar-refractivity contribution is 6.07. The van der Waals surface area contributed by atoms with Gasteiger partial charge in [0.1, 0.15) is 11.4 Å². The van der Waals surface area contributed by atoms with Gasteiger partial charge in [0, 0.05) is 24.5 Å². The monoisotopic (exact) mass is 419 g/mol. The lowest BCUT2D eigenvalue weighted by Crippen LogP contribution is -2.33. The third-order valence-corrected chi connectivity index (χ3v) is 5.09. The first-order chi connectivity index (χ1) is 15.0. The molecule has 9 heteroatoms. The van der Waals surface area contributed by atoms with E-state index in [9.17, 15) is 14.4 Å². The van der Waals surface area contributed by atoms with Crippen LogP contribution in [-0.2, 0) is 0 Å². The van der Waals surface area contributed by atoms with Crippen LogP contribution < -0.4 is 20.9 Å². The van der Waals surface area contributed by atoms with Gasteiger partial charge in [-0.1, -0.05) is 0 Å². The van der Waals surface area contributed by atoms with Gasteiger partial charge in [-0.2, -0.15) is 5.26 Å². The van der Waals surface area contributed by atoms with Crippen LogP contribution in [-0.4, -0.2) is 33.6 Å². The molecule has 1 fully saturated rings. The predicted octanol–water partition coefficient (Wildman–Crippen LogP) is 2.38. The van der Waals surface area contributed by atoms with E-state index >= 15 is 0 Å². The highest BCUT2D eigenvalue weighted by Gasteiger charge is 2.28. The smallest absolute Gasteiger partial charge is 0.330 e. The number of hydrogen-bond acceptors (Lipinski definition) is 6. The number of amides is 1. The fraction of sp³-hybridized carbons (Fsp3) is 0.318. The van der Waals surface area contributed by atoms with Gasteiger partial charge in [-0.15, -0.1) is 0 Å². The van der Waals surface area contributed by atoms with Gasteiger partial charge >= 0.3 is 5.69 Å². The van der Waals surface area contributed by atoms with E-state index in [1.165, 1.54) is 21.7 Å². The van der Waals surface area contributed by atoms with Gasteiger partial charge in [0.25, 0.3) is 11.5 Å². The number of benzene rings is 1. The molecular formula is C22H21N5O4. The first-order valence-electron chi connectivity index (χ1n) is 10.1. The number of carbonyl (C=O) groups is 1. The molecular weight excluding hydrogens is 398 g/mol. The van der Waals surface area contributed by atoms with Gasteiger partial charge in [-0.25, -0.2) is 9.78 Å². The Kier molecular flexibility index (Phi) is 5.54. The average Bonchev–Trinajstić information content (AvgIpc) is 3.60. The number of rotatable bonds is 7. The lowest BCUT2D eigenvalue weighted by atomic mass is 10.1. The van der Waals surface area contributed by atoms with Crippen LogP contribution in [0.4, 0.5) is 5.69 Å². The minimum absolute atomic E-state index is 0.0249. The van der Waals surface area contributed by atoms with Crippen LogP contribution in [0, 0.1) is 11.3 Å². The maximum Gasteiger partial charge on any atom is 0.330 e. The zero-order valence-corrected chi connectivity index (χ0v) is 17.0. The van der Waals surface area contributed by atoms with Crippen molar-refractivity contribution in [2.45, 2.75) is 32.2 Å². The summed E-state index contributed by atoms with van der Waals surface area (Å²) in [5.74, 6) is 0.285. The van der Waals surface area contributed by atoms with Crippen LogP contribution >= 0.6 is 0 Å². The van der Waals surface area contributed by atoms with Gasteiger partial charge in [-0.05, 0) is 50.1 Å². The van der Waals surface area contributed by atoms with Crippen molar-refractivity contribution in [3.05, 3.63) is 62.9 Å². The Hall–Kier alpha value is -3.93. The van der Waals surface area contributed by atoms with Crippen molar-refractivity contribution in [3.63, 3.8) is 0 Å². The molecule has 1 aromatic carbocycles. The molecule has 4 rings (SSSR count). The van der Waals surface area contributed by atoms with Crippen molar-refractivity contribution in [2.24, 2.45) is 0 Å². The summed E-state index contributed by atoms with van der Waals surface area (Å²) >= 11 is 0. The molecule has 158 valence electrons. The van der Waals surface area contributed by atoms with Crippen LogP contribution in [0.15, 0.2) is 46.1 Å². The number of fused-ring (bicyclic) bond motifs is 1. The highest BCUT2D eigenvalue weighted by atomic mass is 16.5.